The van der Waals surface area contributed by atoms with Crippen LogP contribution in [0.3, 0.4) is 0 Å². The number of nitriles is 1. The molecule has 0 atom stereocenters. The molecule has 10 heteroatoms. The number of amides is 1. The Morgan fingerprint density at radius 1 is 1.21 bits per heavy atom. The van der Waals surface area contributed by atoms with Gasteiger partial charge in [-0.1, -0.05) is 12.1 Å². The number of carbonyl (C=O) groups is 1. The van der Waals surface area contributed by atoms with E-state index in [9.17, 15) is 14.4 Å². The van der Waals surface area contributed by atoms with E-state index in [0.29, 0.717) is 35.5 Å². The molecule has 8 nitrogen and oxygen atoms in total. The van der Waals surface area contributed by atoms with E-state index in [-0.39, 0.29) is 11.6 Å². The Hall–Kier alpha value is -3.19. The third kappa shape index (κ3) is 7.42. The summed E-state index contributed by atoms with van der Waals surface area (Å²) in [6, 6.07) is 8.20. The molecule has 1 aromatic heterocycles. The second-order valence-electron chi connectivity index (χ2n) is 9.07. The number of aromatic nitrogens is 2. The van der Waals surface area contributed by atoms with Gasteiger partial charge in [-0.25, -0.2) is 9.18 Å². The van der Waals surface area contributed by atoms with E-state index in [1.54, 1.807) is 40.3 Å². The maximum Gasteiger partial charge on any atom is 0.410 e. The van der Waals surface area contributed by atoms with Gasteiger partial charge in [0.1, 0.15) is 28.9 Å². The lowest BCUT2D eigenvalue weighted by atomic mass is 10.2. The molecule has 0 bridgehead atoms. The molecule has 2 N–H and O–H groups in total. The lowest BCUT2D eigenvalue weighted by Gasteiger charge is -2.27. The van der Waals surface area contributed by atoms with Gasteiger partial charge in [-0.15, -0.1) is 0 Å². The molecule has 0 spiro atoms. The number of hydrogen-bond acceptors (Lipinski definition) is 6. The molecule has 0 aliphatic rings. The summed E-state index contributed by atoms with van der Waals surface area (Å²) in [5, 5.41) is 9.49. The smallest absolute Gasteiger partial charge is 0.410 e. The van der Waals surface area contributed by atoms with Gasteiger partial charge in [0.15, 0.2) is 10.3 Å². The zero-order valence-corrected chi connectivity index (χ0v) is 21.3. The average Bonchev–Trinajstić information content (AvgIpc) is 2.77. The first-order chi connectivity index (χ1) is 15.9. The van der Waals surface area contributed by atoms with Gasteiger partial charge in [-0.05, 0) is 69.9 Å². The highest BCUT2D eigenvalue weighted by Crippen LogP contribution is 2.14. The number of carbonyl (C=O) groups excluding carboxylic acids is 1. The van der Waals surface area contributed by atoms with Crippen molar-refractivity contribution >= 4 is 24.1 Å². The molecule has 0 unspecified atom stereocenters. The number of benzene rings is 1. The van der Waals surface area contributed by atoms with E-state index in [0.717, 1.165) is 24.8 Å². The summed E-state index contributed by atoms with van der Waals surface area (Å²) in [6.45, 7) is 6.79. The molecule has 0 saturated heterocycles. The van der Waals surface area contributed by atoms with Crippen molar-refractivity contribution in [2.75, 3.05) is 18.8 Å². The molecule has 0 saturated carbocycles. The van der Waals surface area contributed by atoms with Crippen LogP contribution >= 0.6 is 12.2 Å². The normalized spacial score (nSPS) is 11.9. The summed E-state index contributed by atoms with van der Waals surface area (Å²) in [6.07, 6.45) is 1.91. The number of nitrogens with two attached hydrogens (primary N) is 1. The van der Waals surface area contributed by atoms with E-state index in [4.69, 9.17) is 22.7 Å². The molecule has 2 aromatic rings. The molecule has 0 fully saturated rings. The molecule has 0 radical (unpaired) electrons. The van der Waals surface area contributed by atoms with Crippen molar-refractivity contribution in [1.82, 2.24) is 14.0 Å². The van der Waals surface area contributed by atoms with Gasteiger partial charge in [-0.3, -0.25) is 4.99 Å². The van der Waals surface area contributed by atoms with E-state index in [2.05, 4.69) is 11.1 Å². The number of nitrogens with zero attached hydrogens (tertiary/aromatic N) is 5. The van der Waals surface area contributed by atoms with Crippen LogP contribution in [0.4, 0.5) is 15.0 Å². The van der Waals surface area contributed by atoms with Crippen molar-refractivity contribution < 1.29 is 13.9 Å². The third-order valence-corrected chi connectivity index (χ3v) is 5.68. The summed E-state index contributed by atoms with van der Waals surface area (Å²) in [5.74, 6) is -0.0282. The Morgan fingerprint density at radius 3 is 2.44 bits per heavy atom. The first-order valence-electron chi connectivity index (χ1n) is 11.1. The molecule has 184 valence electrons. The van der Waals surface area contributed by atoms with Crippen LogP contribution in [0.25, 0.3) is 0 Å². The molecule has 0 aliphatic carbocycles. The summed E-state index contributed by atoms with van der Waals surface area (Å²) in [4.78, 5) is 18.9. The number of rotatable bonds is 8. The number of halogens is 1. The molecule has 34 heavy (non-hydrogen) atoms. The molecular weight excluding hydrogens is 455 g/mol. The summed E-state index contributed by atoms with van der Waals surface area (Å²) in [7, 11) is 3.47. The number of hydrogen-bond donors (Lipinski definition) is 1. The van der Waals surface area contributed by atoms with Crippen LogP contribution in [-0.2, 0) is 25.4 Å². The second kappa shape index (κ2) is 11.8. The van der Waals surface area contributed by atoms with Crippen LogP contribution in [-0.4, -0.2) is 38.8 Å². The molecular formula is C24H33FN6O2S. The Labute approximate surface area is 205 Å². The fourth-order valence-corrected chi connectivity index (χ4v) is 3.49. The van der Waals surface area contributed by atoms with Crippen molar-refractivity contribution in [2.45, 2.75) is 52.2 Å². The van der Waals surface area contributed by atoms with Gasteiger partial charge in [0.2, 0.25) is 0 Å². The highest BCUT2D eigenvalue weighted by molar-refractivity contribution is 7.71. The van der Waals surface area contributed by atoms with Gasteiger partial charge < -0.3 is 24.5 Å². The van der Waals surface area contributed by atoms with Crippen LogP contribution in [0.15, 0.2) is 29.3 Å². The van der Waals surface area contributed by atoms with Crippen LogP contribution in [0, 0.1) is 21.9 Å². The van der Waals surface area contributed by atoms with Crippen molar-refractivity contribution in [1.29, 1.82) is 5.26 Å². The van der Waals surface area contributed by atoms with Gasteiger partial charge in [-0.2, -0.15) is 5.26 Å². The standard InChI is InChI=1S/C24H33FN6O2S/c1-24(2,3)33-23(32)31(16-17-9-11-18(25)12-10-17)14-8-6-7-13-28-21-19(15-26)20(27)29(4)22(34)30(21)5/h9-12H,6-8,13-14,16,27H2,1-5H3. The van der Waals surface area contributed by atoms with E-state index in [1.807, 2.05) is 20.8 Å². The fraction of sp³-hybridized carbons (Fsp3) is 0.500. The van der Waals surface area contributed by atoms with Crippen LogP contribution in [0.2, 0.25) is 0 Å². The average molecular weight is 489 g/mol. The maximum absolute atomic E-state index is 13.2. The predicted octanol–water partition coefficient (Wildman–Crippen LogP) is 4.19. The van der Waals surface area contributed by atoms with Crippen molar-refractivity contribution in [2.24, 2.45) is 19.1 Å². The monoisotopic (exact) mass is 488 g/mol. The number of ether oxygens (including phenoxy) is 1. The number of nitrogen functional groups attached to an aromatic ring is 1. The summed E-state index contributed by atoms with van der Waals surface area (Å²) >= 11 is 5.36. The minimum atomic E-state index is -0.608. The van der Waals surface area contributed by atoms with Crippen LogP contribution in [0.5, 0.6) is 0 Å². The fourth-order valence-electron chi connectivity index (χ4n) is 3.31. The topological polar surface area (TPSA) is 102 Å². The Kier molecular flexibility index (Phi) is 9.38. The van der Waals surface area contributed by atoms with E-state index in [1.165, 1.54) is 12.1 Å². The van der Waals surface area contributed by atoms with Crippen molar-refractivity contribution in [3.63, 3.8) is 0 Å². The van der Waals surface area contributed by atoms with E-state index >= 15 is 0 Å². The Morgan fingerprint density at radius 2 is 1.85 bits per heavy atom. The van der Waals surface area contributed by atoms with Gasteiger partial charge in [0.25, 0.3) is 0 Å². The lowest BCUT2D eigenvalue weighted by molar-refractivity contribution is 0.0230. The second-order valence-corrected chi connectivity index (χ2v) is 9.43. The summed E-state index contributed by atoms with van der Waals surface area (Å²) in [5.41, 5.74) is 7.01. The number of unbranched alkanes of at least 4 members (excludes halogenated alkanes) is 2. The maximum atomic E-state index is 13.2. The quantitative estimate of drug-likeness (QED) is 0.443. The number of anilines is 1. The molecule has 1 amide bonds. The van der Waals surface area contributed by atoms with Gasteiger partial charge in [0.05, 0.1) is 0 Å². The predicted molar refractivity (Wildman–Crippen MR) is 132 cm³/mol. The molecule has 1 heterocycles. The van der Waals surface area contributed by atoms with Crippen molar-refractivity contribution in [3.8, 4) is 6.07 Å². The van der Waals surface area contributed by atoms with E-state index < -0.39 is 11.7 Å². The molecule has 0 aliphatic heterocycles. The third-order valence-electron chi connectivity index (χ3n) is 5.13. The van der Waals surface area contributed by atoms with Crippen molar-refractivity contribution in [3.05, 3.63) is 51.5 Å². The zero-order chi connectivity index (χ0) is 25.5. The minimum absolute atomic E-state index is 0.290. The SMILES string of the molecule is Cn1c(N)c(C#N)c(=NCCCCCN(Cc2ccc(F)cc2)C(=O)OC(C)(C)C)n(C)c1=S. The largest absolute Gasteiger partial charge is 0.444 e. The highest BCUT2D eigenvalue weighted by Gasteiger charge is 2.22. The lowest BCUT2D eigenvalue weighted by Crippen LogP contribution is -2.37. The first kappa shape index (κ1) is 27.1. The Balaban J connectivity index is 2.02. The molecule has 1 aromatic carbocycles. The first-order valence-corrected chi connectivity index (χ1v) is 11.5. The van der Waals surface area contributed by atoms with Gasteiger partial charge >= 0.3 is 6.09 Å². The molecule has 2 rings (SSSR count). The van der Waals surface area contributed by atoms with Crippen LogP contribution < -0.4 is 11.2 Å². The zero-order valence-electron chi connectivity index (χ0n) is 20.5. The minimum Gasteiger partial charge on any atom is -0.444 e. The summed E-state index contributed by atoms with van der Waals surface area (Å²) < 4.78 is 22.5. The Bertz CT molecular complexity index is 1170. The van der Waals surface area contributed by atoms with Gasteiger partial charge in [0, 0.05) is 33.7 Å². The van der Waals surface area contributed by atoms with Crippen LogP contribution in [0.1, 0.15) is 51.2 Å². The highest BCUT2D eigenvalue weighted by atomic mass is 32.1.